The van der Waals surface area contributed by atoms with Crippen molar-refractivity contribution in [3.8, 4) is 0 Å². The second-order valence-corrected chi connectivity index (χ2v) is 10.2. The summed E-state index contributed by atoms with van der Waals surface area (Å²) in [7, 11) is 1.29. The summed E-state index contributed by atoms with van der Waals surface area (Å²) in [5, 5.41) is 3.27. The summed E-state index contributed by atoms with van der Waals surface area (Å²) in [4.78, 5) is 39.3. The number of thioether (sulfide) groups is 1. The summed E-state index contributed by atoms with van der Waals surface area (Å²) in [5.74, 6) is -1.39. The monoisotopic (exact) mass is 521 g/mol. The first-order valence-electron chi connectivity index (χ1n) is 10.6. The van der Waals surface area contributed by atoms with E-state index in [0.29, 0.717) is 35.6 Å². The van der Waals surface area contributed by atoms with E-state index in [9.17, 15) is 14.4 Å². The lowest BCUT2D eigenvalue weighted by atomic mass is 9.69. The van der Waals surface area contributed by atoms with Crippen molar-refractivity contribution in [3.05, 3.63) is 56.8 Å². The molecule has 0 bridgehead atoms. The SMILES string of the molecule is CCSCCOC(=O)C1=C(C)NC2=C(C(=O)[C@@H](C(=O)OC)[C@H](C)C2)[C@@H]1c1cccc(Br)c1. The molecule has 3 rings (SSSR count). The fourth-order valence-corrected chi connectivity index (χ4v) is 5.29. The number of dihydropyridines is 1. The highest BCUT2D eigenvalue weighted by Crippen LogP contribution is 2.45. The van der Waals surface area contributed by atoms with Gasteiger partial charge in [0.1, 0.15) is 12.5 Å². The van der Waals surface area contributed by atoms with Gasteiger partial charge in [-0.15, -0.1) is 0 Å². The van der Waals surface area contributed by atoms with Gasteiger partial charge in [0.05, 0.1) is 12.7 Å². The number of esters is 2. The molecule has 0 spiro atoms. The van der Waals surface area contributed by atoms with E-state index in [2.05, 4.69) is 28.2 Å². The molecule has 1 aliphatic heterocycles. The van der Waals surface area contributed by atoms with E-state index in [1.165, 1.54) is 7.11 Å². The van der Waals surface area contributed by atoms with Gasteiger partial charge >= 0.3 is 11.9 Å². The summed E-state index contributed by atoms with van der Waals surface area (Å²) >= 11 is 5.18. The second-order valence-electron chi connectivity index (χ2n) is 7.92. The third-order valence-electron chi connectivity index (χ3n) is 5.81. The minimum Gasteiger partial charge on any atom is -0.468 e. The molecule has 1 N–H and O–H groups in total. The zero-order chi connectivity index (χ0) is 23.4. The predicted molar refractivity (Wildman–Crippen MR) is 128 cm³/mol. The number of nitrogens with one attached hydrogen (secondary N) is 1. The van der Waals surface area contributed by atoms with Crippen LogP contribution in [-0.2, 0) is 23.9 Å². The van der Waals surface area contributed by atoms with Gasteiger partial charge in [0, 0.05) is 33.1 Å². The maximum Gasteiger partial charge on any atom is 0.336 e. The lowest BCUT2D eigenvalue weighted by molar-refractivity contribution is -0.151. The van der Waals surface area contributed by atoms with Gasteiger partial charge in [0.2, 0.25) is 0 Å². The molecule has 6 nitrogen and oxygen atoms in total. The Morgan fingerprint density at radius 1 is 1.31 bits per heavy atom. The average Bonchev–Trinajstić information content (AvgIpc) is 2.75. The second kappa shape index (κ2) is 10.7. The zero-order valence-corrected chi connectivity index (χ0v) is 21.1. The van der Waals surface area contributed by atoms with Gasteiger partial charge in [0.15, 0.2) is 5.78 Å². The first-order chi connectivity index (χ1) is 15.3. The van der Waals surface area contributed by atoms with Gasteiger partial charge in [0.25, 0.3) is 0 Å². The lowest BCUT2D eigenvalue weighted by Gasteiger charge is -2.38. The summed E-state index contributed by atoms with van der Waals surface area (Å²) in [6, 6.07) is 7.54. The van der Waals surface area contributed by atoms with Gasteiger partial charge in [-0.25, -0.2) is 4.79 Å². The normalized spacial score (nSPS) is 22.9. The topological polar surface area (TPSA) is 81.7 Å². The van der Waals surface area contributed by atoms with Crippen LogP contribution >= 0.6 is 27.7 Å². The molecule has 0 saturated carbocycles. The molecule has 1 heterocycles. The Kier molecular flexibility index (Phi) is 8.22. The van der Waals surface area contributed by atoms with E-state index in [1.54, 1.807) is 11.8 Å². The molecule has 0 aromatic heterocycles. The zero-order valence-electron chi connectivity index (χ0n) is 18.7. The van der Waals surface area contributed by atoms with Crippen LogP contribution in [0.25, 0.3) is 0 Å². The van der Waals surface area contributed by atoms with Crippen molar-refractivity contribution < 1.29 is 23.9 Å². The van der Waals surface area contributed by atoms with Crippen molar-refractivity contribution in [1.82, 2.24) is 5.32 Å². The lowest BCUT2D eigenvalue weighted by Crippen LogP contribution is -2.43. The number of benzene rings is 1. The van der Waals surface area contributed by atoms with Crippen molar-refractivity contribution in [1.29, 1.82) is 0 Å². The summed E-state index contributed by atoms with van der Waals surface area (Å²) in [5.41, 5.74) is 3.04. The molecule has 172 valence electrons. The summed E-state index contributed by atoms with van der Waals surface area (Å²) < 4.78 is 11.3. The number of carbonyl (C=O) groups is 3. The van der Waals surface area contributed by atoms with Crippen LogP contribution in [0.5, 0.6) is 0 Å². The van der Waals surface area contributed by atoms with Gasteiger partial charge in [-0.05, 0) is 42.7 Å². The van der Waals surface area contributed by atoms with E-state index < -0.39 is 23.8 Å². The molecule has 1 aromatic rings. The molecular weight excluding hydrogens is 494 g/mol. The minimum absolute atomic E-state index is 0.211. The first kappa shape index (κ1) is 24.6. The molecule has 0 amide bonds. The number of Topliss-reactive ketones (excluding diaryl/α,β-unsaturated/α-hetero) is 1. The Bertz CT molecular complexity index is 986. The van der Waals surface area contributed by atoms with Gasteiger partial charge < -0.3 is 14.8 Å². The van der Waals surface area contributed by atoms with Gasteiger partial charge in [-0.1, -0.05) is 41.9 Å². The standard InChI is InChI=1S/C24H28BrNO5S/c1-5-32-10-9-31-24(29)19-14(3)26-17-11-13(2)18(23(28)30-4)22(27)21(17)20(19)15-7-6-8-16(25)12-15/h6-8,12-13,18,20,26H,5,9-11H2,1-4H3/t13-,18+,20-/m1/s1. The highest BCUT2D eigenvalue weighted by Gasteiger charge is 2.47. The summed E-state index contributed by atoms with van der Waals surface area (Å²) in [6.45, 7) is 6.04. The summed E-state index contributed by atoms with van der Waals surface area (Å²) in [6.07, 6.45) is 0.512. The van der Waals surface area contributed by atoms with E-state index in [0.717, 1.165) is 21.5 Å². The Hall–Kier alpha value is -2.06. The molecule has 0 fully saturated rings. The van der Waals surface area contributed by atoms with E-state index in [1.807, 2.05) is 38.1 Å². The third-order valence-corrected chi connectivity index (χ3v) is 7.17. The molecule has 0 unspecified atom stereocenters. The van der Waals surface area contributed by atoms with Crippen LogP contribution in [0, 0.1) is 11.8 Å². The number of hydrogen-bond donors (Lipinski definition) is 1. The van der Waals surface area contributed by atoms with Crippen LogP contribution in [0.2, 0.25) is 0 Å². The molecule has 0 radical (unpaired) electrons. The number of methoxy groups -OCH3 is 1. The highest BCUT2D eigenvalue weighted by atomic mass is 79.9. The van der Waals surface area contributed by atoms with Crippen LogP contribution in [0.3, 0.4) is 0 Å². The van der Waals surface area contributed by atoms with E-state index in [4.69, 9.17) is 9.47 Å². The molecule has 1 aromatic carbocycles. The molecular formula is C24H28BrNO5S. The van der Waals surface area contributed by atoms with Crippen molar-refractivity contribution in [2.24, 2.45) is 11.8 Å². The van der Waals surface area contributed by atoms with Crippen LogP contribution in [0.15, 0.2) is 51.3 Å². The number of halogens is 1. The number of ketones is 1. The molecule has 8 heteroatoms. The first-order valence-corrected chi connectivity index (χ1v) is 12.6. The molecule has 0 saturated heterocycles. The largest absolute Gasteiger partial charge is 0.468 e. The van der Waals surface area contributed by atoms with Crippen molar-refractivity contribution in [2.45, 2.75) is 33.1 Å². The molecule has 1 aliphatic carbocycles. The van der Waals surface area contributed by atoms with Crippen LogP contribution in [-0.4, -0.2) is 42.9 Å². The van der Waals surface area contributed by atoms with Crippen LogP contribution < -0.4 is 5.32 Å². The fraction of sp³-hybridized carbons (Fsp3) is 0.458. The quantitative estimate of drug-likeness (QED) is 0.324. The number of carbonyl (C=O) groups excluding carboxylic acids is 3. The molecule has 32 heavy (non-hydrogen) atoms. The average molecular weight is 522 g/mol. The number of rotatable bonds is 7. The molecule has 2 aliphatic rings. The predicted octanol–water partition coefficient (Wildman–Crippen LogP) is 4.36. The van der Waals surface area contributed by atoms with Crippen LogP contribution in [0.4, 0.5) is 0 Å². The maximum atomic E-state index is 13.6. The van der Waals surface area contributed by atoms with E-state index in [-0.39, 0.29) is 11.7 Å². The maximum absolute atomic E-state index is 13.6. The smallest absolute Gasteiger partial charge is 0.336 e. The Morgan fingerprint density at radius 3 is 2.72 bits per heavy atom. The fourth-order valence-electron chi connectivity index (χ4n) is 4.39. The Balaban J connectivity index is 2.07. The van der Waals surface area contributed by atoms with Crippen molar-refractivity contribution in [2.75, 3.05) is 25.2 Å². The Morgan fingerprint density at radius 2 is 2.06 bits per heavy atom. The third kappa shape index (κ3) is 4.96. The van der Waals surface area contributed by atoms with Gasteiger partial charge in [-0.2, -0.15) is 11.8 Å². The molecule has 3 atom stereocenters. The minimum atomic E-state index is -0.896. The number of ether oxygens (including phenoxy) is 2. The van der Waals surface area contributed by atoms with Crippen molar-refractivity contribution >= 4 is 45.4 Å². The Labute approximate surface area is 201 Å². The van der Waals surface area contributed by atoms with E-state index >= 15 is 0 Å². The number of hydrogen-bond acceptors (Lipinski definition) is 7. The van der Waals surface area contributed by atoms with Gasteiger partial charge in [-0.3, -0.25) is 9.59 Å². The van der Waals surface area contributed by atoms with Crippen molar-refractivity contribution in [3.63, 3.8) is 0 Å². The number of allylic oxidation sites excluding steroid dienone is 3. The highest BCUT2D eigenvalue weighted by molar-refractivity contribution is 9.10. The van der Waals surface area contributed by atoms with Crippen LogP contribution in [0.1, 0.15) is 38.7 Å².